The molecule has 4 nitrogen and oxygen atoms in total. The molecule has 0 aliphatic carbocycles. The van der Waals surface area contributed by atoms with Crippen molar-refractivity contribution in [1.82, 2.24) is 14.8 Å². The summed E-state index contributed by atoms with van der Waals surface area (Å²) in [5, 5.41) is 0. The van der Waals surface area contributed by atoms with Gasteiger partial charge in [0.05, 0.1) is 12.2 Å². The molecule has 0 N–H and O–H groups in total. The fourth-order valence-electron chi connectivity index (χ4n) is 3.94. The van der Waals surface area contributed by atoms with E-state index in [1.165, 1.54) is 5.56 Å². The highest BCUT2D eigenvalue weighted by molar-refractivity contribution is 5.76. The molecule has 2 aromatic rings. The smallest absolute Gasteiger partial charge is 0.223 e. The molecule has 1 aromatic carbocycles. The number of hydrogen-bond acceptors (Lipinski definition) is 3. The molecule has 150 valence electrons. The molecule has 2 heterocycles. The lowest BCUT2D eigenvalue weighted by molar-refractivity contribution is -0.133. The number of carbonyl (C=O) groups is 1. The lowest BCUT2D eigenvalue weighted by atomic mass is 9.92. The van der Waals surface area contributed by atoms with Gasteiger partial charge in [0.25, 0.3) is 0 Å². The van der Waals surface area contributed by atoms with Crippen molar-refractivity contribution in [2.24, 2.45) is 5.92 Å². The molecule has 1 aromatic heterocycles. The number of nitrogens with zero attached hydrogens (tertiary/aromatic N) is 3. The van der Waals surface area contributed by atoms with E-state index in [-0.39, 0.29) is 5.91 Å². The van der Waals surface area contributed by atoms with Gasteiger partial charge in [-0.3, -0.25) is 9.78 Å². The van der Waals surface area contributed by atoms with Gasteiger partial charge in [-0.15, -0.1) is 0 Å². The Morgan fingerprint density at radius 2 is 1.82 bits per heavy atom. The first-order valence-corrected chi connectivity index (χ1v) is 10.6. The van der Waals surface area contributed by atoms with Crippen molar-refractivity contribution in [3.63, 3.8) is 0 Å². The zero-order valence-corrected chi connectivity index (χ0v) is 17.3. The quantitative estimate of drug-likeness (QED) is 0.691. The van der Waals surface area contributed by atoms with Crippen LogP contribution in [-0.2, 0) is 17.8 Å². The molecule has 1 saturated heterocycles. The Morgan fingerprint density at radius 1 is 1.11 bits per heavy atom. The van der Waals surface area contributed by atoms with Crippen LogP contribution in [0.15, 0.2) is 54.7 Å². The Bertz CT molecular complexity index is 709. The van der Waals surface area contributed by atoms with Crippen molar-refractivity contribution in [2.75, 3.05) is 19.6 Å². The van der Waals surface area contributed by atoms with Crippen molar-refractivity contribution >= 4 is 5.91 Å². The third-order valence-electron chi connectivity index (χ3n) is 5.79. The minimum absolute atomic E-state index is 0.268. The van der Waals surface area contributed by atoms with E-state index in [0.717, 1.165) is 44.6 Å². The average molecular weight is 380 g/mol. The second-order valence-electron chi connectivity index (χ2n) is 8.15. The monoisotopic (exact) mass is 379 g/mol. The molecule has 0 spiro atoms. The Labute approximate surface area is 169 Å². The fraction of sp³-hybridized carbons (Fsp3) is 0.500. The van der Waals surface area contributed by atoms with Crippen LogP contribution in [0.25, 0.3) is 0 Å². The van der Waals surface area contributed by atoms with Crippen molar-refractivity contribution < 1.29 is 4.79 Å². The van der Waals surface area contributed by atoms with Crippen LogP contribution in [0.3, 0.4) is 0 Å². The molecular weight excluding hydrogens is 346 g/mol. The Balaban J connectivity index is 1.59. The van der Waals surface area contributed by atoms with Gasteiger partial charge < -0.3 is 9.80 Å². The molecule has 3 rings (SSSR count). The molecule has 0 bridgehead atoms. The molecule has 4 heteroatoms. The van der Waals surface area contributed by atoms with E-state index >= 15 is 0 Å². The molecular formula is C24H33N3O. The maximum absolute atomic E-state index is 13.1. The highest BCUT2D eigenvalue weighted by atomic mass is 16.2. The molecule has 1 aliphatic rings. The van der Waals surface area contributed by atoms with Gasteiger partial charge in [-0.2, -0.15) is 0 Å². The number of hydrogen-bond donors (Lipinski definition) is 0. The minimum atomic E-state index is 0.268. The highest BCUT2D eigenvalue weighted by Gasteiger charge is 2.25. The van der Waals surface area contributed by atoms with Crippen LogP contribution in [-0.4, -0.2) is 46.4 Å². The summed E-state index contributed by atoms with van der Waals surface area (Å²) in [6.07, 6.45) is 5.59. The van der Waals surface area contributed by atoms with Crippen LogP contribution < -0.4 is 0 Å². The normalized spacial score (nSPS) is 15.7. The van der Waals surface area contributed by atoms with E-state index in [9.17, 15) is 4.79 Å². The SMILES string of the molecule is CC(C)N1CCC(CC(=O)N(CCc2ccccc2)Cc2ccccn2)CC1. The predicted molar refractivity (Wildman–Crippen MR) is 114 cm³/mol. The summed E-state index contributed by atoms with van der Waals surface area (Å²) in [5.74, 6) is 0.773. The third-order valence-corrected chi connectivity index (χ3v) is 5.79. The van der Waals surface area contributed by atoms with Crippen LogP contribution in [0.1, 0.15) is 44.4 Å². The van der Waals surface area contributed by atoms with Crippen LogP contribution >= 0.6 is 0 Å². The summed E-state index contributed by atoms with van der Waals surface area (Å²) >= 11 is 0. The number of carbonyl (C=O) groups excluding carboxylic acids is 1. The van der Waals surface area contributed by atoms with E-state index in [1.54, 1.807) is 6.20 Å². The highest BCUT2D eigenvalue weighted by Crippen LogP contribution is 2.23. The average Bonchev–Trinajstić information content (AvgIpc) is 2.73. The van der Waals surface area contributed by atoms with E-state index in [0.29, 0.717) is 24.9 Å². The van der Waals surface area contributed by atoms with Gasteiger partial charge in [0, 0.05) is 25.2 Å². The van der Waals surface area contributed by atoms with Gasteiger partial charge >= 0.3 is 0 Å². The number of piperidine rings is 1. The van der Waals surface area contributed by atoms with Gasteiger partial charge in [0.1, 0.15) is 0 Å². The summed E-state index contributed by atoms with van der Waals surface area (Å²) < 4.78 is 0. The lowest BCUT2D eigenvalue weighted by Gasteiger charge is -2.35. The topological polar surface area (TPSA) is 36.4 Å². The summed E-state index contributed by atoms with van der Waals surface area (Å²) in [7, 11) is 0. The second kappa shape index (κ2) is 10.4. The number of rotatable bonds is 8. The maximum atomic E-state index is 13.1. The van der Waals surface area contributed by atoms with Crippen molar-refractivity contribution in [2.45, 2.75) is 52.1 Å². The summed E-state index contributed by atoms with van der Waals surface area (Å²) in [5.41, 5.74) is 2.23. The van der Waals surface area contributed by atoms with Crippen molar-refractivity contribution in [3.8, 4) is 0 Å². The molecule has 0 unspecified atom stereocenters. The van der Waals surface area contributed by atoms with Crippen molar-refractivity contribution in [1.29, 1.82) is 0 Å². The lowest BCUT2D eigenvalue weighted by Crippen LogP contribution is -2.40. The van der Waals surface area contributed by atoms with E-state index in [4.69, 9.17) is 0 Å². The summed E-state index contributed by atoms with van der Waals surface area (Å²) in [6, 6.07) is 16.9. The van der Waals surface area contributed by atoms with Crippen LogP contribution in [0.5, 0.6) is 0 Å². The first-order chi connectivity index (χ1) is 13.6. The molecule has 0 saturated carbocycles. The predicted octanol–water partition coefficient (Wildman–Crippen LogP) is 4.16. The number of aromatic nitrogens is 1. The number of likely N-dealkylation sites (tertiary alicyclic amines) is 1. The largest absolute Gasteiger partial charge is 0.336 e. The zero-order chi connectivity index (χ0) is 19.8. The van der Waals surface area contributed by atoms with E-state index in [1.807, 2.05) is 29.2 Å². The first kappa shape index (κ1) is 20.5. The maximum Gasteiger partial charge on any atom is 0.223 e. The molecule has 0 atom stereocenters. The second-order valence-corrected chi connectivity index (χ2v) is 8.15. The van der Waals surface area contributed by atoms with Gasteiger partial charge in [-0.05, 0) is 69.8 Å². The molecule has 1 fully saturated rings. The summed E-state index contributed by atoms with van der Waals surface area (Å²) in [4.78, 5) is 22.1. The van der Waals surface area contributed by atoms with Crippen LogP contribution in [0.4, 0.5) is 0 Å². The Morgan fingerprint density at radius 3 is 2.46 bits per heavy atom. The van der Waals surface area contributed by atoms with E-state index in [2.05, 4.69) is 48.0 Å². The number of benzene rings is 1. The van der Waals surface area contributed by atoms with Gasteiger partial charge in [-0.25, -0.2) is 0 Å². The van der Waals surface area contributed by atoms with E-state index < -0.39 is 0 Å². The first-order valence-electron chi connectivity index (χ1n) is 10.6. The molecule has 1 aliphatic heterocycles. The zero-order valence-electron chi connectivity index (χ0n) is 17.3. The summed E-state index contributed by atoms with van der Waals surface area (Å²) in [6.45, 7) is 8.06. The molecule has 28 heavy (non-hydrogen) atoms. The Hall–Kier alpha value is -2.20. The molecule has 0 radical (unpaired) electrons. The Kier molecular flexibility index (Phi) is 7.61. The van der Waals surface area contributed by atoms with Gasteiger partial charge in [0.15, 0.2) is 0 Å². The van der Waals surface area contributed by atoms with Gasteiger partial charge in [0.2, 0.25) is 5.91 Å². The molecule has 1 amide bonds. The fourth-order valence-corrected chi connectivity index (χ4v) is 3.94. The van der Waals surface area contributed by atoms with Crippen LogP contribution in [0.2, 0.25) is 0 Å². The minimum Gasteiger partial charge on any atom is -0.336 e. The van der Waals surface area contributed by atoms with Crippen LogP contribution in [0, 0.1) is 5.92 Å². The third kappa shape index (κ3) is 6.16. The van der Waals surface area contributed by atoms with Crippen molar-refractivity contribution in [3.05, 3.63) is 66.0 Å². The standard InChI is InChI=1S/C24H33N3O/c1-20(2)26-15-12-22(13-16-26)18-24(28)27(19-23-10-6-7-14-25-23)17-11-21-8-4-3-5-9-21/h3-10,14,20,22H,11-13,15-19H2,1-2H3. The number of amides is 1. The van der Waals surface area contributed by atoms with Gasteiger partial charge in [-0.1, -0.05) is 36.4 Å². The number of pyridine rings is 1.